The Balaban J connectivity index is 2.14. The smallest absolute Gasteiger partial charge is 0.242 e. The Kier molecular flexibility index (Phi) is 4.35. The van der Waals surface area contributed by atoms with Crippen LogP contribution in [0, 0.1) is 12.8 Å². The SMILES string of the molecule is Cc1cc(S(=O)(=O)N(C)CC2CC(O)C2)ccc1Br. The van der Waals surface area contributed by atoms with Crippen LogP contribution in [-0.4, -0.2) is 37.5 Å². The van der Waals surface area contributed by atoms with E-state index in [1.807, 2.05) is 6.92 Å². The zero-order valence-corrected chi connectivity index (χ0v) is 13.4. The minimum absolute atomic E-state index is 0.254. The average Bonchev–Trinajstić information content (AvgIpc) is 2.30. The molecule has 1 aromatic carbocycles. The number of nitrogens with zero attached hydrogens (tertiary/aromatic N) is 1. The minimum Gasteiger partial charge on any atom is -0.393 e. The van der Waals surface area contributed by atoms with Gasteiger partial charge in [0.25, 0.3) is 0 Å². The van der Waals surface area contributed by atoms with Crippen molar-refractivity contribution in [1.29, 1.82) is 0 Å². The van der Waals surface area contributed by atoms with Gasteiger partial charge in [-0.1, -0.05) is 15.9 Å². The molecule has 0 aliphatic heterocycles. The number of halogens is 1. The summed E-state index contributed by atoms with van der Waals surface area (Å²) in [6.07, 6.45) is 1.13. The van der Waals surface area contributed by atoms with E-state index in [1.54, 1.807) is 25.2 Å². The Bertz CT molecular complexity index is 567. The van der Waals surface area contributed by atoms with Crippen molar-refractivity contribution < 1.29 is 13.5 Å². The van der Waals surface area contributed by atoms with Crippen LogP contribution < -0.4 is 0 Å². The number of aliphatic hydroxyl groups is 1. The quantitative estimate of drug-likeness (QED) is 0.907. The third kappa shape index (κ3) is 3.18. The van der Waals surface area contributed by atoms with Crippen molar-refractivity contribution in [3.8, 4) is 0 Å². The summed E-state index contributed by atoms with van der Waals surface area (Å²) in [5.74, 6) is 0.270. The summed E-state index contributed by atoms with van der Waals surface area (Å²) in [7, 11) is -1.84. The summed E-state index contributed by atoms with van der Waals surface area (Å²) in [5, 5.41) is 9.24. The Hall–Kier alpha value is -0.430. The van der Waals surface area contributed by atoms with Crippen molar-refractivity contribution in [2.45, 2.75) is 30.8 Å². The molecule has 0 spiro atoms. The lowest BCUT2D eigenvalue weighted by atomic mass is 9.82. The van der Waals surface area contributed by atoms with Gasteiger partial charge in [-0.05, 0) is 49.4 Å². The third-order valence-corrected chi connectivity index (χ3v) is 6.27. The van der Waals surface area contributed by atoms with Crippen molar-refractivity contribution in [1.82, 2.24) is 4.31 Å². The van der Waals surface area contributed by atoms with E-state index in [0.717, 1.165) is 10.0 Å². The highest BCUT2D eigenvalue weighted by Crippen LogP contribution is 2.29. The van der Waals surface area contributed by atoms with Gasteiger partial charge < -0.3 is 5.11 Å². The van der Waals surface area contributed by atoms with E-state index in [4.69, 9.17) is 0 Å². The number of aryl methyl sites for hydroxylation is 1. The van der Waals surface area contributed by atoms with Crippen LogP contribution in [-0.2, 0) is 10.0 Å². The first kappa shape index (κ1) is 15.0. The molecule has 0 unspecified atom stereocenters. The molecule has 0 saturated heterocycles. The van der Waals surface area contributed by atoms with Crippen LogP contribution in [0.1, 0.15) is 18.4 Å². The van der Waals surface area contributed by atoms with E-state index in [2.05, 4.69) is 15.9 Å². The Morgan fingerprint density at radius 2 is 2.05 bits per heavy atom. The molecule has 2 rings (SSSR count). The number of aliphatic hydroxyl groups excluding tert-OH is 1. The Labute approximate surface area is 122 Å². The van der Waals surface area contributed by atoms with Gasteiger partial charge in [-0.15, -0.1) is 0 Å². The Morgan fingerprint density at radius 1 is 1.42 bits per heavy atom. The Morgan fingerprint density at radius 3 is 2.58 bits per heavy atom. The lowest BCUT2D eigenvalue weighted by molar-refractivity contribution is 0.0367. The molecule has 1 aliphatic rings. The van der Waals surface area contributed by atoms with E-state index in [0.29, 0.717) is 24.3 Å². The number of rotatable bonds is 4. The van der Waals surface area contributed by atoms with E-state index in [-0.39, 0.29) is 12.0 Å². The second-order valence-electron chi connectivity index (χ2n) is 5.19. The monoisotopic (exact) mass is 347 g/mol. The summed E-state index contributed by atoms with van der Waals surface area (Å²) >= 11 is 3.36. The number of benzene rings is 1. The van der Waals surface area contributed by atoms with Crippen LogP contribution in [0.25, 0.3) is 0 Å². The molecule has 1 saturated carbocycles. The average molecular weight is 348 g/mol. The molecule has 0 atom stereocenters. The van der Waals surface area contributed by atoms with E-state index in [9.17, 15) is 13.5 Å². The largest absolute Gasteiger partial charge is 0.393 e. The topological polar surface area (TPSA) is 57.6 Å². The molecule has 1 fully saturated rings. The van der Waals surface area contributed by atoms with Gasteiger partial charge >= 0.3 is 0 Å². The highest BCUT2D eigenvalue weighted by atomic mass is 79.9. The molecule has 0 amide bonds. The maximum absolute atomic E-state index is 12.4. The number of hydrogen-bond donors (Lipinski definition) is 1. The molecule has 0 aromatic heterocycles. The van der Waals surface area contributed by atoms with Crippen LogP contribution in [0.5, 0.6) is 0 Å². The summed E-state index contributed by atoms with van der Waals surface area (Å²) in [4.78, 5) is 0.315. The minimum atomic E-state index is -3.44. The standard InChI is InChI=1S/C13H18BrNO3S/c1-9-5-12(3-4-13(9)14)19(17,18)15(2)8-10-6-11(16)7-10/h3-5,10-11,16H,6-8H2,1-2H3. The summed E-state index contributed by atoms with van der Waals surface area (Å²) in [5.41, 5.74) is 0.897. The maximum Gasteiger partial charge on any atom is 0.242 e. The number of sulfonamides is 1. The molecule has 4 nitrogen and oxygen atoms in total. The van der Waals surface area contributed by atoms with Crippen molar-refractivity contribution in [2.24, 2.45) is 5.92 Å². The summed E-state index contributed by atoms with van der Waals surface area (Å²) in [6, 6.07) is 5.03. The predicted molar refractivity (Wildman–Crippen MR) is 77.4 cm³/mol. The van der Waals surface area contributed by atoms with Crippen molar-refractivity contribution in [3.05, 3.63) is 28.2 Å². The molecule has 1 aromatic rings. The third-order valence-electron chi connectivity index (χ3n) is 3.56. The van der Waals surface area contributed by atoms with Crippen LogP contribution in [0.2, 0.25) is 0 Å². The van der Waals surface area contributed by atoms with Crippen molar-refractivity contribution in [3.63, 3.8) is 0 Å². The van der Waals surface area contributed by atoms with Gasteiger partial charge in [-0.25, -0.2) is 12.7 Å². The van der Waals surface area contributed by atoms with Crippen molar-refractivity contribution >= 4 is 26.0 Å². The van der Waals surface area contributed by atoms with Gasteiger partial charge in [0.15, 0.2) is 0 Å². The second kappa shape index (κ2) is 5.52. The molecule has 0 radical (unpaired) electrons. The van der Waals surface area contributed by atoms with E-state index >= 15 is 0 Å². The van der Waals surface area contributed by atoms with Crippen LogP contribution >= 0.6 is 15.9 Å². The van der Waals surface area contributed by atoms with Crippen molar-refractivity contribution in [2.75, 3.05) is 13.6 Å². The fourth-order valence-electron chi connectivity index (χ4n) is 2.27. The molecule has 0 bridgehead atoms. The maximum atomic E-state index is 12.4. The number of hydrogen-bond acceptors (Lipinski definition) is 3. The van der Waals surface area contributed by atoms with Gasteiger partial charge in [0.05, 0.1) is 11.0 Å². The molecule has 19 heavy (non-hydrogen) atoms. The first-order valence-corrected chi connectivity index (χ1v) is 8.44. The highest BCUT2D eigenvalue weighted by Gasteiger charge is 2.31. The first-order valence-electron chi connectivity index (χ1n) is 6.21. The van der Waals surface area contributed by atoms with E-state index < -0.39 is 10.0 Å². The lowest BCUT2D eigenvalue weighted by Gasteiger charge is -2.34. The molecule has 6 heteroatoms. The molecule has 0 heterocycles. The van der Waals surface area contributed by atoms with E-state index in [1.165, 1.54) is 4.31 Å². The van der Waals surface area contributed by atoms with Gasteiger partial charge in [0.1, 0.15) is 0 Å². The van der Waals surface area contributed by atoms with Gasteiger partial charge in [-0.2, -0.15) is 0 Å². The van der Waals surface area contributed by atoms with Crippen LogP contribution in [0.15, 0.2) is 27.6 Å². The first-order chi connectivity index (χ1) is 8.80. The zero-order valence-electron chi connectivity index (χ0n) is 11.0. The van der Waals surface area contributed by atoms with Gasteiger partial charge in [-0.3, -0.25) is 0 Å². The summed E-state index contributed by atoms with van der Waals surface area (Å²) < 4.78 is 27.1. The fourth-order valence-corrected chi connectivity index (χ4v) is 3.85. The van der Waals surface area contributed by atoms with Gasteiger partial charge in [0.2, 0.25) is 10.0 Å². The zero-order chi connectivity index (χ0) is 14.2. The molecule has 106 valence electrons. The van der Waals surface area contributed by atoms with Crippen LogP contribution in [0.3, 0.4) is 0 Å². The lowest BCUT2D eigenvalue weighted by Crippen LogP contribution is -2.39. The molecular weight excluding hydrogens is 330 g/mol. The molecule has 1 N–H and O–H groups in total. The molecular formula is C13H18BrNO3S. The summed E-state index contributed by atoms with van der Waals surface area (Å²) in [6.45, 7) is 2.33. The predicted octanol–water partition coefficient (Wildman–Crippen LogP) is 2.15. The molecule has 1 aliphatic carbocycles. The highest BCUT2D eigenvalue weighted by molar-refractivity contribution is 9.10. The van der Waals surface area contributed by atoms with Gasteiger partial charge in [0, 0.05) is 18.1 Å². The second-order valence-corrected chi connectivity index (χ2v) is 8.09. The van der Waals surface area contributed by atoms with Crippen LogP contribution in [0.4, 0.5) is 0 Å². The normalized spacial score (nSPS) is 23.4. The fraction of sp³-hybridized carbons (Fsp3) is 0.538.